The van der Waals surface area contributed by atoms with Gasteiger partial charge in [-0.05, 0) is 49.8 Å². The van der Waals surface area contributed by atoms with Crippen LogP contribution in [0.15, 0.2) is 18.2 Å². The van der Waals surface area contributed by atoms with Gasteiger partial charge in [-0.3, -0.25) is 0 Å². The molecule has 0 spiro atoms. The highest BCUT2D eigenvalue weighted by Gasteiger charge is 2.19. The van der Waals surface area contributed by atoms with Crippen LogP contribution in [0.2, 0.25) is 5.02 Å². The quantitative estimate of drug-likeness (QED) is 0.908. The smallest absolute Gasteiger partial charge is 0.0426 e. The number of nitrogens with zero attached hydrogens (tertiary/aromatic N) is 1. The van der Waals surface area contributed by atoms with E-state index in [1.807, 2.05) is 6.07 Å². The summed E-state index contributed by atoms with van der Waals surface area (Å²) in [6.45, 7) is 6.64. The fourth-order valence-corrected chi connectivity index (χ4v) is 2.93. The van der Waals surface area contributed by atoms with Gasteiger partial charge in [0.2, 0.25) is 0 Å². The summed E-state index contributed by atoms with van der Waals surface area (Å²) < 4.78 is 0. The van der Waals surface area contributed by atoms with Crippen LogP contribution in [0.3, 0.4) is 0 Å². The number of hydrogen-bond donors (Lipinski definition) is 1. The minimum absolute atomic E-state index is 0.187. The van der Waals surface area contributed by atoms with Gasteiger partial charge in [-0.15, -0.1) is 0 Å². The van der Waals surface area contributed by atoms with E-state index in [0.29, 0.717) is 0 Å². The minimum atomic E-state index is 0.187. The largest absolute Gasteiger partial charge is 0.371 e. The normalized spacial score (nSPS) is 22.0. The second kappa shape index (κ2) is 5.94. The first kappa shape index (κ1) is 13.7. The van der Waals surface area contributed by atoms with Gasteiger partial charge in [-0.25, -0.2) is 0 Å². The van der Waals surface area contributed by atoms with E-state index in [-0.39, 0.29) is 6.04 Å². The van der Waals surface area contributed by atoms with Gasteiger partial charge in [0.05, 0.1) is 0 Å². The first-order valence-corrected chi connectivity index (χ1v) is 7.23. The molecule has 1 aromatic carbocycles. The number of halogens is 1. The van der Waals surface area contributed by atoms with Gasteiger partial charge in [0, 0.05) is 29.8 Å². The third-order valence-corrected chi connectivity index (χ3v) is 3.82. The van der Waals surface area contributed by atoms with Crippen molar-refractivity contribution in [3.05, 3.63) is 28.8 Å². The summed E-state index contributed by atoms with van der Waals surface area (Å²) in [5.41, 5.74) is 8.54. The van der Waals surface area contributed by atoms with E-state index in [0.717, 1.165) is 30.5 Å². The Bertz CT molecular complexity index is 403. The van der Waals surface area contributed by atoms with E-state index in [9.17, 15) is 0 Å². The summed E-state index contributed by atoms with van der Waals surface area (Å²) in [5.74, 6) is 0.765. The van der Waals surface area contributed by atoms with E-state index < -0.39 is 0 Å². The number of nitrogens with two attached hydrogens (primary N) is 1. The number of hydrogen-bond acceptors (Lipinski definition) is 2. The van der Waals surface area contributed by atoms with E-state index in [2.05, 4.69) is 30.9 Å². The van der Waals surface area contributed by atoms with E-state index in [1.165, 1.54) is 24.1 Å². The highest BCUT2D eigenvalue weighted by molar-refractivity contribution is 6.30. The second-order valence-corrected chi connectivity index (χ2v) is 6.08. The van der Waals surface area contributed by atoms with Crippen molar-refractivity contribution in [2.24, 2.45) is 11.7 Å². The molecule has 2 atom stereocenters. The van der Waals surface area contributed by atoms with Crippen LogP contribution in [-0.4, -0.2) is 19.1 Å². The lowest BCUT2D eigenvalue weighted by Crippen LogP contribution is -2.35. The summed E-state index contributed by atoms with van der Waals surface area (Å²) in [5, 5.41) is 0.816. The van der Waals surface area contributed by atoms with Crippen LogP contribution in [-0.2, 0) is 6.42 Å². The molecule has 2 nitrogen and oxygen atoms in total. The summed E-state index contributed by atoms with van der Waals surface area (Å²) in [4.78, 5) is 2.47. The Balaban J connectivity index is 2.26. The average Bonchev–Trinajstić information content (AvgIpc) is 2.31. The van der Waals surface area contributed by atoms with Gasteiger partial charge in [-0.1, -0.05) is 24.6 Å². The Hall–Kier alpha value is -0.730. The Labute approximate surface area is 115 Å². The standard InChI is InChI=1S/C15H23ClN2/c1-11-4-3-7-18(10-11)15-9-14(16)6-5-13(15)8-12(2)17/h5-6,9,11-12H,3-4,7-8,10,17H2,1-2H3. The maximum absolute atomic E-state index is 6.15. The van der Waals surface area contributed by atoms with Crippen LogP contribution in [0.5, 0.6) is 0 Å². The van der Waals surface area contributed by atoms with Crippen LogP contribution in [0.25, 0.3) is 0 Å². The number of anilines is 1. The lowest BCUT2D eigenvalue weighted by atomic mass is 9.97. The van der Waals surface area contributed by atoms with Crippen molar-refractivity contribution in [3.63, 3.8) is 0 Å². The van der Waals surface area contributed by atoms with Crippen LogP contribution >= 0.6 is 11.6 Å². The van der Waals surface area contributed by atoms with Crippen molar-refractivity contribution in [2.45, 2.75) is 39.2 Å². The Morgan fingerprint density at radius 3 is 2.94 bits per heavy atom. The molecule has 0 amide bonds. The molecule has 2 rings (SSSR count). The van der Waals surface area contributed by atoms with Gasteiger partial charge in [0.1, 0.15) is 0 Å². The van der Waals surface area contributed by atoms with Crippen LogP contribution in [0.1, 0.15) is 32.3 Å². The maximum atomic E-state index is 6.15. The molecule has 1 saturated heterocycles. The molecule has 0 bridgehead atoms. The third-order valence-electron chi connectivity index (χ3n) is 3.59. The molecule has 100 valence electrons. The third kappa shape index (κ3) is 3.39. The zero-order valence-electron chi connectivity index (χ0n) is 11.3. The summed E-state index contributed by atoms with van der Waals surface area (Å²) in [6, 6.07) is 6.38. The van der Waals surface area contributed by atoms with E-state index in [1.54, 1.807) is 0 Å². The van der Waals surface area contributed by atoms with Crippen LogP contribution < -0.4 is 10.6 Å². The Kier molecular flexibility index (Phi) is 4.52. The van der Waals surface area contributed by atoms with Crippen molar-refractivity contribution in [1.29, 1.82) is 0 Å². The van der Waals surface area contributed by atoms with E-state index in [4.69, 9.17) is 17.3 Å². The van der Waals surface area contributed by atoms with Gasteiger partial charge in [0.15, 0.2) is 0 Å². The van der Waals surface area contributed by atoms with Crippen LogP contribution in [0, 0.1) is 5.92 Å². The molecule has 18 heavy (non-hydrogen) atoms. The number of piperidine rings is 1. The zero-order chi connectivity index (χ0) is 13.1. The molecule has 0 radical (unpaired) electrons. The minimum Gasteiger partial charge on any atom is -0.371 e. The van der Waals surface area contributed by atoms with Crippen molar-refractivity contribution in [3.8, 4) is 0 Å². The molecule has 3 heteroatoms. The topological polar surface area (TPSA) is 29.3 Å². The Morgan fingerprint density at radius 1 is 1.50 bits per heavy atom. The van der Waals surface area contributed by atoms with Crippen molar-refractivity contribution in [1.82, 2.24) is 0 Å². The highest BCUT2D eigenvalue weighted by atomic mass is 35.5. The number of benzene rings is 1. The molecule has 0 saturated carbocycles. The lowest BCUT2D eigenvalue weighted by Gasteiger charge is -2.34. The highest BCUT2D eigenvalue weighted by Crippen LogP contribution is 2.29. The molecule has 1 aliphatic rings. The number of rotatable bonds is 3. The van der Waals surface area contributed by atoms with E-state index >= 15 is 0 Å². The molecule has 2 N–H and O–H groups in total. The molecule has 1 heterocycles. The van der Waals surface area contributed by atoms with Crippen LogP contribution in [0.4, 0.5) is 5.69 Å². The van der Waals surface area contributed by atoms with Gasteiger partial charge < -0.3 is 10.6 Å². The lowest BCUT2D eigenvalue weighted by molar-refractivity contribution is 0.446. The molecule has 0 aromatic heterocycles. The molecule has 0 aliphatic carbocycles. The zero-order valence-corrected chi connectivity index (χ0v) is 12.1. The average molecular weight is 267 g/mol. The molecular weight excluding hydrogens is 244 g/mol. The maximum Gasteiger partial charge on any atom is 0.0426 e. The molecular formula is C15H23ClN2. The van der Waals surface area contributed by atoms with Gasteiger partial charge in [0.25, 0.3) is 0 Å². The Morgan fingerprint density at radius 2 is 2.28 bits per heavy atom. The first-order valence-electron chi connectivity index (χ1n) is 6.85. The predicted octanol–water partition coefficient (Wildman–Crippen LogP) is 3.47. The van der Waals surface area contributed by atoms with Gasteiger partial charge >= 0.3 is 0 Å². The first-order chi connectivity index (χ1) is 8.56. The summed E-state index contributed by atoms with van der Waals surface area (Å²) in [7, 11) is 0. The molecule has 1 fully saturated rings. The fourth-order valence-electron chi connectivity index (χ4n) is 2.76. The fraction of sp³-hybridized carbons (Fsp3) is 0.600. The second-order valence-electron chi connectivity index (χ2n) is 5.65. The summed E-state index contributed by atoms with van der Waals surface area (Å²) in [6.07, 6.45) is 3.52. The SMILES string of the molecule is CC(N)Cc1ccc(Cl)cc1N1CCCC(C)C1. The van der Waals surface area contributed by atoms with Crippen molar-refractivity contribution >= 4 is 17.3 Å². The molecule has 1 aromatic rings. The van der Waals surface area contributed by atoms with Gasteiger partial charge in [-0.2, -0.15) is 0 Å². The molecule has 2 unspecified atom stereocenters. The monoisotopic (exact) mass is 266 g/mol. The molecule has 1 aliphatic heterocycles. The summed E-state index contributed by atoms with van der Waals surface area (Å²) >= 11 is 6.15. The van der Waals surface area contributed by atoms with Crippen molar-refractivity contribution < 1.29 is 0 Å². The predicted molar refractivity (Wildman–Crippen MR) is 79.4 cm³/mol. The van der Waals surface area contributed by atoms with Crippen molar-refractivity contribution in [2.75, 3.05) is 18.0 Å².